The van der Waals surface area contributed by atoms with Crippen LogP contribution >= 0.6 is 0 Å². The molecule has 0 spiro atoms. The Balaban J connectivity index is 2.12. The fourth-order valence-corrected chi connectivity index (χ4v) is 3.45. The van der Waals surface area contributed by atoms with Crippen molar-refractivity contribution in [3.63, 3.8) is 0 Å². The number of carbonyl (C=O) groups is 2. The van der Waals surface area contributed by atoms with E-state index in [1.165, 1.54) is 29.2 Å². The molecule has 1 aromatic carbocycles. The minimum Gasteiger partial charge on any atom is -0.507 e. The van der Waals surface area contributed by atoms with Crippen LogP contribution in [0.3, 0.4) is 0 Å². The molecule has 1 amide bonds. The maximum absolute atomic E-state index is 12.8. The molecular formula is C21H21N3O5. The number of aliphatic hydroxyl groups excluding tert-OH is 1. The SMILES string of the molecule is CCCCCN1C(=O)C(=O)/C(=C(\O)c2cccc([N+](=O)[O-])c2)C1c1cccnc1. The highest BCUT2D eigenvalue weighted by atomic mass is 16.6. The first kappa shape index (κ1) is 20.2. The summed E-state index contributed by atoms with van der Waals surface area (Å²) in [4.78, 5) is 41.5. The van der Waals surface area contributed by atoms with Crippen molar-refractivity contribution in [2.45, 2.75) is 32.2 Å². The normalized spacial score (nSPS) is 18.2. The number of pyridine rings is 1. The zero-order valence-corrected chi connectivity index (χ0v) is 15.9. The van der Waals surface area contributed by atoms with Gasteiger partial charge in [0.05, 0.1) is 16.5 Å². The van der Waals surface area contributed by atoms with Gasteiger partial charge in [0.25, 0.3) is 17.4 Å². The summed E-state index contributed by atoms with van der Waals surface area (Å²) in [6.45, 7) is 2.40. The molecule has 1 saturated heterocycles. The summed E-state index contributed by atoms with van der Waals surface area (Å²) in [5, 5.41) is 21.9. The largest absolute Gasteiger partial charge is 0.507 e. The molecule has 2 aromatic rings. The van der Waals surface area contributed by atoms with Gasteiger partial charge in [-0.05, 0) is 18.1 Å². The number of likely N-dealkylation sites (tertiary alicyclic amines) is 1. The highest BCUT2D eigenvalue weighted by Crippen LogP contribution is 2.39. The molecule has 1 aliphatic rings. The van der Waals surface area contributed by atoms with Crippen molar-refractivity contribution >= 4 is 23.1 Å². The van der Waals surface area contributed by atoms with Gasteiger partial charge in [0, 0.05) is 36.6 Å². The molecule has 8 heteroatoms. The van der Waals surface area contributed by atoms with Gasteiger partial charge in [-0.15, -0.1) is 0 Å². The number of nitrogens with zero attached hydrogens (tertiary/aromatic N) is 3. The van der Waals surface area contributed by atoms with Gasteiger partial charge in [-0.25, -0.2) is 0 Å². The van der Waals surface area contributed by atoms with Crippen LogP contribution in [0.25, 0.3) is 5.76 Å². The van der Waals surface area contributed by atoms with E-state index in [0.29, 0.717) is 12.1 Å². The summed E-state index contributed by atoms with van der Waals surface area (Å²) in [6, 6.07) is 7.99. The Morgan fingerprint density at radius 3 is 2.69 bits per heavy atom. The van der Waals surface area contributed by atoms with Crippen LogP contribution in [0.4, 0.5) is 5.69 Å². The summed E-state index contributed by atoms with van der Waals surface area (Å²) in [5.41, 5.74) is 0.402. The second kappa shape index (κ2) is 8.64. The van der Waals surface area contributed by atoms with Crippen LogP contribution < -0.4 is 0 Å². The minimum absolute atomic E-state index is 0.0833. The summed E-state index contributed by atoms with van der Waals surface area (Å²) in [7, 11) is 0. The average Bonchev–Trinajstić information content (AvgIpc) is 2.99. The lowest BCUT2D eigenvalue weighted by molar-refractivity contribution is -0.384. The lowest BCUT2D eigenvalue weighted by Crippen LogP contribution is -2.30. The van der Waals surface area contributed by atoms with Crippen molar-refractivity contribution in [2.24, 2.45) is 0 Å². The number of nitro groups is 1. The third-order valence-corrected chi connectivity index (χ3v) is 4.87. The average molecular weight is 395 g/mol. The van der Waals surface area contributed by atoms with E-state index in [2.05, 4.69) is 4.98 Å². The minimum atomic E-state index is -0.806. The topological polar surface area (TPSA) is 114 Å². The zero-order valence-electron chi connectivity index (χ0n) is 15.9. The molecule has 0 bridgehead atoms. The van der Waals surface area contributed by atoms with Crippen molar-refractivity contribution in [2.75, 3.05) is 6.54 Å². The van der Waals surface area contributed by atoms with E-state index in [1.54, 1.807) is 24.5 Å². The second-order valence-electron chi connectivity index (χ2n) is 6.79. The number of Topliss-reactive ketones (excluding diaryl/α,β-unsaturated/α-hetero) is 1. The number of benzene rings is 1. The highest BCUT2D eigenvalue weighted by molar-refractivity contribution is 6.46. The van der Waals surface area contributed by atoms with Crippen LogP contribution in [-0.2, 0) is 9.59 Å². The maximum atomic E-state index is 12.8. The highest BCUT2D eigenvalue weighted by Gasteiger charge is 2.45. The molecule has 8 nitrogen and oxygen atoms in total. The van der Waals surface area contributed by atoms with E-state index >= 15 is 0 Å². The summed E-state index contributed by atoms with van der Waals surface area (Å²) >= 11 is 0. The molecule has 0 radical (unpaired) electrons. The lowest BCUT2D eigenvalue weighted by atomic mass is 9.96. The van der Waals surface area contributed by atoms with Crippen LogP contribution in [0, 0.1) is 10.1 Å². The first-order chi connectivity index (χ1) is 14.0. The van der Waals surface area contributed by atoms with Gasteiger partial charge >= 0.3 is 0 Å². The van der Waals surface area contributed by atoms with Crippen molar-refractivity contribution in [1.82, 2.24) is 9.88 Å². The molecule has 150 valence electrons. The number of hydrogen-bond acceptors (Lipinski definition) is 6. The second-order valence-corrected chi connectivity index (χ2v) is 6.79. The van der Waals surface area contributed by atoms with Gasteiger partial charge in [0.1, 0.15) is 5.76 Å². The molecule has 0 saturated carbocycles. The number of amides is 1. The molecular weight excluding hydrogens is 374 g/mol. The van der Waals surface area contributed by atoms with Gasteiger partial charge in [-0.3, -0.25) is 24.7 Å². The Hall–Kier alpha value is -3.55. The molecule has 1 N–H and O–H groups in total. The Morgan fingerprint density at radius 1 is 1.24 bits per heavy atom. The first-order valence-corrected chi connectivity index (χ1v) is 9.38. The number of carbonyl (C=O) groups excluding carboxylic acids is 2. The molecule has 1 unspecified atom stereocenters. The van der Waals surface area contributed by atoms with Gasteiger partial charge < -0.3 is 10.0 Å². The molecule has 1 aliphatic heterocycles. The Bertz CT molecular complexity index is 971. The Morgan fingerprint density at radius 2 is 2.03 bits per heavy atom. The van der Waals surface area contributed by atoms with Crippen molar-refractivity contribution in [3.05, 3.63) is 75.6 Å². The fourth-order valence-electron chi connectivity index (χ4n) is 3.45. The van der Waals surface area contributed by atoms with Gasteiger partial charge in [0.15, 0.2) is 0 Å². The first-order valence-electron chi connectivity index (χ1n) is 9.38. The van der Waals surface area contributed by atoms with Gasteiger partial charge in [-0.2, -0.15) is 0 Å². The zero-order chi connectivity index (χ0) is 21.0. The lowest BCUT2D eigenvalue weighted by Gasteiger charge is -2.25. The van der Waals surface area contributed by atoms with Crippen LogP contribution in [0.2, 0.25) is 0 Å². The van der Waals surface area contributed by atoms with Crippen molar-refractivity contribution in [1.29, 1.82) is 0 Å². The van der Waals surface area contributed by atoms with E-state index in [1.807, 2.05) is 6.92 Å². The Kier molecular flexibility index (Phi) is 6.01. The predicted molar refractivity (Wildman–Crippen MR) is 106 cm³/mol. The molecule has 0 aliphatic carbocycles. The molecule has 1 atom stereocenters. The van der Waals surface area contributed by atoms with E-state index < -0.39 is 28.4 Å². The van der Waals surface area contributed by atoms with Gasteiger partial charge in [0.2, 0.25) is 0 Å². The Labute approximate surface area is 167 Å². The third-order valence-electron chi connectivity index (χ3n) is 4.87. The molecule has 3 rings (SSSR count). The van der Waals surface area contributed by atoms with Crippen LogP contribution in [-0.4, -0.2) is 38.1 Å². The van der Waals surface area contributed by atoms with E-state index in [9.17, 15) is 24.8 Å². The quantitative estimate of drug-likeness (QED) is 0.191. The molecule has 1 aromatic heterocycles. The van der Waals surface area contributed by atoms with Gasteiger partial charge in [-0.1, -0.05) is 38.0 Å². The van der Waals surface area contributed by atoms with E-state index in [-0.39, 0.29) is 16.8 Å². The number of ketones is 1. The number of aromatic nitrogens is 1. The van der Waals surface area contributed by atoms with Crippen LogP contribution in [0.1, 0.15) is 43.4 Å². The maximum Gasteiger partial charge on any atom is 0.295 e. The summed E-state index contributed by atoms with van der Waals surface area (Å²) in [5.74, 6) is -1.93. The fraction of sp³-hybridized carbons (Fsp3) is 0.286. The number of aliphatic hydroxyl groups is 1. The molecule has 2 heterocycles. The van der Waals surface area contributed by atoms with E-state index in [4.69, 9.17) is 0 Å². The number of unbranched alkanes of at least 4 members (excludes halogenated alkanes) is 2. The summed E-state index contributed by atoms with van der Waals surface area (Å²) < 4.78 is 0. The number of nitro benzene ring substituents is 1. The number of hydrogen-bond donors (Lipinski definition) is 1. The third kappa shape index (κ3) is 4.01. The van der Waals surface area contributed by atoms with Crippen molar-refractivity contribution < 1.29 is 19.6 Å². The standard InChI is InChI=1S/C21H21N3O5/c1-2-3-4-11-23-18(15-8-6-10-22-13-15)17(20(26)21(23)27)19(25)14-7-5-9-16(12-14)24(28)29/h5-10,12-13,18,25H,2-4,11H2,1H3/b19-17-. The van der Waals surface area contributed by atoms with E-state index in [0.717, 1.165) is 19.3 Å². The van der Waals surface area contributed by atoms with Crippen LogP contribution in [0.5, 0.6) is 0 Å². The monoisotopic (exact) mass is 395 g/mol. The summed E-state index contributed by atoms with van der Waals surface area (Å²) in [6.07, 6.45) is 5.69. The van der Waals surface area contributed by atoms with Crippen molar-refractivity contribution in [3.8, 4) is 0 Å². The number of rotatable bonds is 7. The predicted octanol–water partition coefficient (Wildman–Crippen LogP) is 3.60. The smallest absolute Gasteiger partial charge is 0.295 e. The number of non-ortho nitro benzene ring substituents is 1. The molecule has 1 fully saturated rings. The molecule has 29 heavy (non-hydrogen) atoms. The van der Waals surface area contributed by atoms with Crippen LogP contribution in [0.15, 0.2) is 54.4 Å².